The lowest BCUT2D eigenvalue weighted by Gasteiger charge is -2.00. The first kappa shape index (κ1) is 15.9. The summed E-state index contributed by atoms with van der Waals surface area (Å²) in [6.07, 6.45) is 2.78. The quantitative estimate of drug-likeness (QED) is 0.536. The number of hydrogen-bond acceptors (Lipinski definition) is 4. The summed E-state index contributed by atoms with van der Waals surface area (Å²) < 4.78 is 0. The summed E-state index contributed by atoms with van der Waals surface area (Å²) in [7, 11) is 0. The van der Waals surface area contributed by atoms with Gasteiger partial charge in [0, 0.05) is 23.3 Å². The molecule has 2 aromatic rings. The van der Waals surface area contributed by atoms with Crippen LogP contribution in [0.2, 0.25) is 0 Å². The molecular formula is C17H18N2O3. The highest BCUT2D eigenvalue weighted by atomic mass is 16.6. The Labute approximate surface area is 129 Å². The second kappa shape index (κ2) is 8.05. The fourth-order valence-corrected chi connectivity index (χ4v) is 2.12. The van der Waals surface area contributed by atoms with Gasteiger partial charge in [0.15, 0.2) is 5.78 Å². The van der Waals surface area contributed by atoms with Gasteiger partial charge in [0.25, 0.3) is 5.69 Å². The maximum absolute atomic E-state index is 12.0. The summed E-state index contributed by atoms with van der Waals surface area (Å²) >= 11 is 0. The lowest BCUT2D eigenvalue weighted by Crippen LogP contribution is -2.03. The SMILES string of the molecule is C1CCNC1.O=C(c1ccccc1)c1ccc([N+](=O)[O-])cc1. The molecule has 114 valence electrons. The third-order valence-corrected chi connectivity index (χ3v) is 3.33. The molecule has 0 atom stereocenters. The van der Waals surface area contributed by atoms with Crippen LogP contribution in [-0.2, 0) is 0 Å². The highest BCUT2D eigenvalue weighted by Crippen LogP contribution is 2.15. The molecule has 1 N–H and O–H groups in total. The second-order valence-electron chi connectivity index (χ2n) is 4.96. The molecule has 5 nitrogen and oxygen atoms in total. The largest absolute Gasteiger partial charge is 0.317 e. The van der Waals surface area contributed by atoms with Crippen molar-refractivity contribution in [3.8, 4) is 0 Å². The molecule has 0 radical (unpaired) electrons. The van der Waals surface area contributed by atoms with Crippen LogP contribution in [0.3, 0.4) is 0 Å². The molecule has 0 aliphatic carbocycles. The molecule has 0 amide bonds. The van der Waals surface area contributed by atoms with Crippen molar-refractivity contribution in [1.29, 1.82) is 0 Å². The number of nitrogens with one attached hydrogen (secondary N) is 1. The minimum absolute atomic E-state index is 0.0189. The van der Waals surface area contributed by atoms with Gasteiger partial charge in [0.1, 0.15) is 0 Å². The van der Waals surface area contributed by atoms with Crippen molar-refractivity contribution in [2.45, 2.75) is 12.8 Å². The van der Waals surface area contributed by atoms with Crippen molar-refractivity contribution >= 4 is 11.5 Å². The number of hydrogen-bond donors (Lipinski definition) is 1. The molecular weight excluding hydrogens is 280 g/mol. The van der Waals surface area contributed by atoms with Crippen LogP contribution in [0.4, 0.5) is 5.69 Å². The van der Waals surface area contributed by atoms with E-state index in [2.05, 4.69) is 5.32 Å². The number of ketones is 1. The van der Waals surface area contributed by atoms with Crippen LogP contribution in [0, 0.1) is 10.1 Å². The van der Waals surface area contributed by atoms with Gasteiger partial charge in [-0.1, -0.05) is 30.3 Å². The molecule has 0 aromatic heterocycles. The summed E-state index contributed by atoms with van der Waals surface area (Å²) in [6.45, 7) is 2.50. The zero-order valence-electron chi connectivity index (χ0n) is 12.2. The average molecular weight is 298 g/mol. The summed E-state index contributed by atoms with van der Waals surface area (Å²) in [6, 6.07) is 14.4. The molecule has 5 heteroatoms. The first-order chi connectivity index (χ1) is 10.7. The topological polar surface area (TPSA) is 72.2 Å². The van der Waals surface area contributed by atoms with Crippen LogP contribution in [0.5, 0.6) is 0 Å². The minimum atomic E-state index is -0.489. The van der Waals surface area contributed by atoms with Crippen LogP contribution < -0.4 is 5.32 Å². The van der Waals surface area contributed by atoms with Crippen LogP contribution in [0.1, 0.15) is 28.8 Å². The number of non-ortho nitro benzene ring substituents is 1. The van der Waals surface area contributed by atoms with E-state index in [0.717, 1.165) is 0 Å². The molecule has 0 spiro atoms. The number of carbonyl (C=O) groups excluding carboxylic acids is 1. The molecule has 2 aromatic carbocycles. The van der Waals surface area contributed by atoms with Gasteiger partial charge in [0.05, 0.1) is 4.92 Å². The summed E-state index contributed by atoms with van der Waals surface area (Å²) in [5, 5.41) is 13.7. The Kier molecular flexibility index (Phi) is 5.80. The minimum Gasteiger partial charge on any atom is -0.317 e. The lowest BCUT2D eigenvalue weighted by molar-refractivity contribution is -0.384. The van der Waals surface area contributed by atoms with Gasteiger partial charge in [-0.3, -0.25) is 14.9 Å². The monoisotopic (exact) mass is 298 g/mol. The maximum Gasteiger partial charge on any atom is 0.269 e. The number of benzene rings is 2. The second-order valence-corrected chi connectivity index (χ2v) is 4.96. The molecule has 0 saturated carbocycles. The van der Waals surface area contributed by atoms with Crippen LogP contribution >= 0.6 is 0 Å². The van der Waals surface area contributed by atoms with Gasteiger partial charge < -0.3 is 5.32 Å². The molecule has 0 bridgehead atoms. The Morgan fingerprint density at radius 3 is 1.91 bits per heavy atom. The first-order valence-electron chi connectivity index (χ1n) is 7.23. The summed E-state index contributed by atoms with van der Waals surface area (Å²) in [5.74, 6) is -0.138. The predicted octanol–water partition coefficient (Wildman–Crippen LogP) is 3.20. The summed E-state index contributed by atoms with van der Waals surface area (Å²) in [4.78, 5) is 21.9. The molecule has 1 aliphatic heterocycles. The van der Waals surface area contributed by atoms with E-state index in [1.807, 2.05) is 6.07 Å². The zero-order valence-corrected chi connectivity index (χ0v) is 12.2. The average Bonchev–Trinajstić information content (AvgIpc) is 3.15. The molecule has 22 heavy (non-hydrogen) atoms. The van der Waals surface area contributed by atoms with Crippen LogP contribution in [-0.4, -0.2) is 23.8 Å². The standard InChI is InChI=1S/C13H9NO3.C4H9N/c15-13(10-4-2-1-3-5-10)11-6-8-12(9-7-11)14(16)17;1-2-4-5-3-1/h1-9H;5H,1-4H2. The highest BCUT2D eigenvalue weighted by molar-refractivity contribution is 6.09. The lowest BCUT2D eigenvalue weighted by atomic mass is 10.0. The van der Waals surface area contributed by atoms with Crippen molar-refractivity contribution in [3.63, 3.8) is 0 Å². The summed E-state index contributed by atoms with van der Waals surface area (Å²) in [5.41, 5.74) is 0.998. The number of nitro groups is 1. The normalized spacial score (nSPS) is 13.1. The van der Waals surface area contributed by atoms with Gasteiger partial charge in [-0.25, -0.2) is 0 Å². The van der Waals surface area contributed by atoms with E-state index in [9.17, 15) is 14.9 Å². The number of nitrogens with zero attached hydrogens (tertiary/aromatic N) is 1. The van der Waals surface area contributed by atoms with Gasteiger partial charge >= 0.3 is 0 Å². The van der Waals surface area contributed by atoms with Gasteiger partial charge in [-0.15, -0.1) is 0 Å². The number of nitro benzene ring substituents is 1. The Bertz CT molecular complexity index is 613. The molecule has 3 rings (SSSR count). The predicted molar refractivity (Wildman–Crippen MR) is 85.1 cm³/mol. The van der Waals surface area contributed by atoms with E-state index < -0.39 is 4.92 Å². The third kappa shape index (κ3) is 4.49. The molecule has 1 fully saturated rings. The van der Waals surface area contributed by atoms with Crippen molar-refractivity contribution < 1.29 is 9.72 Å². The Morgan fingerprint density at radius 2 is 1.45 bits per heavy atom. The van der Waals surface area contributed by atoms with E-state index in [1.165, 1.54) is 50.2 Å². The van der Waals surface area contributed by atoms with Crippen molar-refractivity contribution in [2.24, 2.45) is 0 Å². The Hall–Kier alpha value is -2.53. The first-order valence-corrected chi connectivity index (χ1v) is 7.23. The van der Waals surface area contributed by atoms with Gasteiger partial charge in [-0.05, 0) is 38.1 Å². The van der Waals surface area contributed by atoms with Crippen molar-refractivity contribution in [2.75, 3.05) is 13.1 Å². The van der Waals surface area contributed by atoms with E-state index in [0.29, 0.717) is 11.1 Å². The van der Waals surface area contributed by atoms with Crippen molar-refractivity contribution in [1.82, 2.24) is 5.32 Å². The smallest absolute Gasteiger partial charge is 0.269 e. The van der Waals surface area contributed by atoms with Gasteiger partial charge in [-0.2, -0.15) is 0 Å². The molecule has 1 aliphatic rings. The highest BCUT2D eigenvalue weighted by Gasteiger charge is 2.10. The van der Waals surface area contributed by atoms with Gasteiger partial charge in [0.2, 0.25) is 0 Å². The zero-order chi connectivity index (χ0) is 15.8. The Balaban J connectivity index is 0.000000299. The third-order valence-electron chi connectivity index (χ3n) is 3.33. The Morgan fingerprint density at radius 1 is 0.909 bits per heavy atom. The fourth-order valence-electron chi connectivity index (χ4n) is 2.12. The number of rotatable bonds is 3. The molecule has 1 saturated heterocycles. The van der Waals surface area contributed by atoms with Crippen LogP contribution in [0.15, 0.2) is 54.6 Å². The van der Waals surface area contributed by atoms with Crippen LogP contribution in [0.25, 0.3) is 0 Å². The van der Waals surface area contributed by atoms with E-state index in [4.69, 9.17) is 0 Å². The maximum atomic E-state index is 12.0. The van der Waals surface area contributed by atoms with E-state index >= 15 is 0 Å². The van der Waals surface area contributed by atoms with Crippen molar-refractivity contribution in [3.05, 3.63) is 75.8 Å². The fraction of sp³-hybridized carbons (Fsp3) is 0.235. The van der Waals surface area contributed by atoms with E-state index in [-0.39, 0.29) is 11.5 Å². The molecule has 1 heterocycles. The van der Waals surface area contributed by atoms with E-state index in [1.54, 1.807) is 24.3 Å². The number of carbonyl (C=O) groups is 1. The molecule has 0 unspecified atom stereocenters.